The highest BCUT2D eigenvalue weighted by atomic mass is 16.5. The van der Waals surface area contributed by atoms with Crippen LogP contribution in [-0.2, 0) is 11.2 Å². The largest absolute Gasteiger partial charge is 0.388 e. The van der Waals surface area contributed by atoms with E-state index in [0.29, 0.717) is 19.7 Å². The average Bonchev–Trinajstić information content (AvgIpc) is 2.71. The minimum absolute atomic E-state index is 0.116. The molecule has 0 unspecified atom stereocenters. The number of hydrogen-bond acceptors (Lipinski definition) is 5. The molecule has 1 aliphatic heterocycles. The molecule has 1 aromatic heterocycles. The van der Waals surface area contributed by atoms with E-state index in [1.54, 1.807) is 0 Å². The maximum absolute atomic E-state index is 9.98. The second-order valence-corrected chi connectivity index (χ2v) is 4.98. The van der Waals surface area contributed by atoms with E-state index in [9.17, 15) is 5.11 Å². The van der Waals surface area contributed by atoms with Crippen LogP contribution in [0.15, 0.2) is 6.07 Å². The van der Waals surface area contributed by atoms with Crippen molar-refractivity contribution in [2.24, 2.45) is 0 Å². The van der Waals surface area contributed by atoms with Crippen molar-refractivity contribution in [2.75, 3.05) is 24.6 Å². The summed E-state index contributed by atoms with van der Waals surface area (Å²) in [6, 6.07) is 2.03. The first-order chi connectivity index (χ1) is 9.13. The number of hydrogen-bond donors (Lipinski definition) is 1. The number of aryl methyl sites for hydroxylation is 2. The summed E-state index contributed by atoms with van der Waals surface area (Å²) >= 11 is 0. The molecule has 0 aliphatic carbocycles. The van der Waals surface area contributed by atoms with Gasteiger partial charge in [-0.1, -0.05) is 13.3 Å². The fourth-order valence-electron chi connectivity index (χ4n) is 2.48. The number of aliphatic hydroxyl groups is 1. The van der Waals surface area contributed by atoms with E-state index in [2.05, 4.69) is 21.8 Å². The Morgan fingerprint density at radius 3 is 2.84 bits per heavy atom. The van der Waals surface area contributed by atoms with Crippen molar-refractivity contribution < 1.29 is 9.84 Å². The smallest absolute Gasteiger partial charge is 0.132 e. The van der Waals surface area contributed by atoms with Gasteiger partial charge in [0.2, 0.25) is 0 Å². The highest BCUT2D eigenvalue weighted by Gasteiger charge is 2.32. The predicted molar refractivity (Wildman–Crippen MR) is 74.4 cm³/mol. The third-order valence-electron chi connectivity index (χ3n) is 3.33. The molecule has 2 heterocycles. The average molecular weight is 265 g/mol. The molecule has 1 aromatic rings. The highest BCUT2D eigenvalue weighted by Crippen LogP contribution is 2.21. The van der Waals surface area contributed by atoms with Crippen molar-refractivity contribution in [3.63, 3.8) is 0 Å². The summed E-state index contributed by atoms with van der Waals surface area (Å²) in [5.74, 6) is 1.69. The summed E-state index contributed by atoms with van der Waals surface area (Å²) in [5, 5.41) is 9.98. The number of β-amino-alcohol motifs (C(OH)–C–C–N with tert-alkyl or cyclic N) is 1. The summed E-state index contributed by atoms with van der Waals surface area (Å²) in [4.78, 5) is 11.0. The summed E-state index contributed by atoms with van der Waals surface area (Å²) in [7, 11) is 0. The Kier molecular flexibility index (Phi) is 4.71. The van der Waals surface area contributed by atoms with E-state index in [4.69, 9.17) is 4.74 Å². The fourth-order valence-corrected chi connectivity index (χ4v) is 2.48. The van der Waals surface area contributed by atoms with Crippen molar-refractivity contribution >= 4 is 5.82 Å². The highest BCUT2D eigenvalue weighted by molar-refractivity contribution is 5.42. The number of ether oxygens (including phenoxy) is 1. The van der Waals surface area contributed by atoms with Crippen LogP contribution in [0.4, 0.5) is 5.82 Å². The number of anilines is 1. The Balaban J connectivity index is 2.14. The zero-order valence-corrected chi connectivity index (χ0v) is 12.0. The maximum Gasteiger partial charge on any atom is 0.132 e. The molecule has 1 saturated heterocycles. The fraction of sp³-hybridized carbons (Fsp3) is 0.714. The van der Waals surface area contributed by atoms with Gasteiger partial charge in [-0.2, -0.15) is 0 Å². The molecular formula is C14H23N3O2. The molecule has 0 saturated carbocycles. The summed E-state index contributed by atoms with van der Waals surface area (Å²) in [6.45, 7) is 7.89. The van der Waals surface area contributed by atoms with Crippen LogP contribution in [0.2, 0.25) is 0 Å². The molecule has 1 N–H and O–H groups in total. The van der Waals surface area contributed by atoms with Crippen LogP contribution in [0.5, 0.6) is 0 Å². The zero-order chi connectivity index (χ0) is 13.8. The Morgan fingerprint density at radius 1 is 1.37 bits per heavy atom. The zero-order valence-electron chi connectivity index (χ0n) is 12.0. The third-order valence-corrected chi connectivity index (χ3v) is 3.33. The van der Waals surface area contributed by atoms with Crippen LogP contribution in [0.25, 0.3) is 0 Å². The lowest BCUT2D eigenvalue weighted by Gasteiger charge is -2.18. The number of rotatable bonds is 5. The van der Waals surface area contributed by atoms with Gasteiger partial charge in [0.25, 0.3) is 0 Å². The molecule has 0 aromatic carbocycles. The Bertz CT molecular complexity index is 425. The molecule has 1 aliphatic rings. The van der Waals surface area contributed by atoms with Gasteiger partial charge in [-0.3, -0.25) is 0 Å². The first kappa shape index (κ1) is 14.2. The first-order valence-corrected chi connectivity index (χ1v) is 7.03. The van der Waals surface area contributed by atoms with Crippen molar-refractivity contribution in [2.45, 2.75) is 45.8 Å². The molecule has 106 valence electrons. The molecule has 0 amide bonds. The van der Waals surface area contributed by atoms with Gasteiger partial charge in [0, 0.05) is 31.5 Å². The van der Waals surface area contributed by atoms with Gasteiger partial charge < -0.3 is 14.7 Å². The molecule has 0 bridgehead atoms. The minimum Gasteiger partial charge on any atom is -0.388 e. The third kappa shape index (κ3) is 3.42. The predicted octanol–water partition coefficient (Wildman–Crippen LogP) is 1.32. The van der Waals surface area contributed by atoms with Crippen LogP contribution in [0.1, 0.15) is 31.8 Å². The lowest BCUT2D eigenvalue weighted by molar-refractivity contribution is -0.00189. The van der Waals surface area contributed by atoms with Crippen LogP contribution in [0, 0.1) is 6.92 Å². The van der Waals surface area contributed by atoms with E-state index in [0.717, 1.165) is 30.2 Å². The lowest BCUT2D eigenvalue weighted by atomic mass is 10.2. The molecule has 19 heavy (non-hydrogen) atoms. The molecule has 5 nitrogen and oxygen atoms in total. The Hall–Kier alpha value is -1.20. The van der Waals surface area contributed by atoms with Crippen LogP contribution >= 0.6 is 0 Å². The van der Waals surface area contributed by atoms with Gasteiger partial charge in [-0.15, -0.1) is 0 Å². The van der Waals surface area contributed by atoms with E-state index in [-0.39, 0.29) is 6.10 Å². The first-order valence-electron chi connectivity index (χ1n) is 7.03. The molecule has 2 rings (SSSR count). The van der Waals surface area contributed by atoms with Gasteiger partial charge in [-0.25, -0.2) is 9.97 Å². The topological polar surface area (TPSA) is 58.5 Å². The number of aliphatic hydroxyl groups excluding tert-OH is 1. The SMILES string of the molecule is CCCc1cc(N2C[C@@H](O)[C@H](OCC)C2)nc(C)n1. The van der Waals surface area contributed by atoms with Gasteiger partial charge in [0.15, 0.2) is 0 Å². The quantitative estimate of drug-likeness (QED) is 0.870. The summed E-state index contributed by atoms with van der Waals surface area (Å²) in [5.41, 5.74) is 1.07. The number of aromatic nitrogens is 2. The summed E-state index contributed by atoms with van der Waals surface area (Å²) in [6.07, 6.45) is 1.47. The van der Waals surface area contributed by atoms with E-state index in [1.165, 1.54) is 0 Å². The monoisotopic (exact) mass is 265 g/mol. The van der Waals surface area contributed by atoms with Crippen molar-refractivity contribution in [1.82, 2.24) is 9.97 Å². The Morgan fingerprint density at radius 2 is 2.16 bits per heavy atom. The van der Waals surface area contributed by atoms with Gasteiger partial charge in [0.05, 0.1) is 6.10 Å². The molecular weight excluding hydrogens is 242 g/mol. The molecule has 1 fully saturated rings. The van der Waals surface area contributed by atoms with Crippen LogP contribution in [0.3, 0.4) is 0 Å². The normalized spacial score (nSPS) is 23.1. The lowest BCUT2D eigenvalue weighted by Crippen LogP contribution is -2.26. The van der Waals surface area contributed by atoms with Crippen molar-refractivity contribution in [3.05, 3.63) is 17.6 Å². The van der Waals surface area contributed by atoms with Crippen molar-refractivity contribution in [1.29, 1.82) is 0 Å². The van der Waals surface area contributed by atoms with Gasteiger partial charge >= 0.3 is 0 Å². The number of nitrogens with zero attached hydrogens (tertiary/aromatic N) is 3. The van der Waals surface area contributed by atoms with Crippen LogP contribution in [-0.4, -0.2) is 47.0 Å². The van der Waals surface area contributed by atoms with E-state index in [1.807, 2.05) is 19.9 Å². The minimum atomic E-state index is -0.440. The second kappa shape index (κ2) is 6.30. The van der Waals surface area contributed by atoms with Gasteiger partial charge in [0.1, 0.15) is 17.7 Å². The second-order valence-electron chi connectivity index (χ2n) is 4.98. The van der Waals surface area contributed by atoms with E-state index >= 15 is 0 Å². The molecule has 2 atom stereocenters. The van der Waals surface area contributed by atoms with Gasteiger partial charge in [-0.05, 0) is 20.3 Å². The molecule has 0 spiro atoms. The van der Waals surface area contributed by atoms with Crippen LogP contribution < -0.4 is 4.90 Å². The van der Waals surface area contributed by atoms with Crippen molar-refractivity contribution in [3.8, 4) is 0 Å². The molecule has 5 heteroatoms. The Labute approximate surface area is 114 Å². The summed E-state index contributed by atoms with van der Waals surface area (Å²) < 4.78 is 5.54. The van der Waals surface area contributed by atoms with E-state index < -0.39 is 6.10 Å². The maximum atomic E-state index is 9.98. The molecule has 0 radical (unpaired) electrons. The standard InChI is InChI=1S/C14H23N3O2/c1-4-6-11-7-14(16-10(3)15-11)17-8-12(18)13(9-17)19-5-2/h7,12-13,18H,4-6,8-9H2,1-3H3/t12-,13-/m1/s1.